The minimum atomic E-state index is -0.547. The van der Waals surface area contributed by atoms with E-state index in [0.717, 1.165) is 18.5 Å². The van der Waals surface area contributed by atoms with Gasteiger partial charge in [0.15, 0.2) is 11.2 Å². The first kappa shape index (κ1) is 13.2. The van der Waals surface area contributed by atoms with E-state index in [2.05, 4.69) is 10.6 Å². The average Bonchev–Trinajstić information content (AvgIpc) is 3.29. The summed E-state index contributed by atoms with van der Waals surface area (Å²) in [6.07, 6.45) is 1.77. The zero-order valence-electron chi connectivity index (χ0n) is 11.3. The zero-order chi connectivity index (χ0) is 14.1. The maximum absolute atomic E-state index is 11.9. The molecular formula is C14H17N3O2S. The number of rotatable bonds is 2. The molecule has 3 rings (SSSR count). The monoisotopic (exact) mass is 291 g/mol. The summed E-state index contributed by atoms with van der Waals surface area (Å²) in [5.74, 6) is 0.547. The molecule has 0 saturated heterocycles. The summed E-state index contributed by atoms with van der Waals surface area (Å²) in [5, 5.41) is 6.60. The molecule has 1 heterocycles. The van der Waals surface area contributed by atoms with Crippen LogP contribution in [0.5, 0.6) is 5.75 Å². The van der Waals surface area contributed by atoms with Gasteiger partial charge in [0.25, 0.3) is 5.91 Å². The van der Waals surface area contributed by atoms with Crippen molar-refractivity contribution in [2.24, 2.45) is 0 Å². The zero-order valence-corrected chi connectivity index (χ0v) is 12.1. The van der Waals surface area contributed by atoms with Crippen molar-refractivity contribution in [3.63, 3.8) is 0 Å². The molecule has 0 radical (unpaired) electrons. The predicted molar refractivity (Wildman–Crippen MR) is 81.0 cm³/mol. The third-order valence-corrected chi connectivity index (χ3v) is 3.80. The number of carbonyl (C=O) groups excluding carboxylic acids is 1. The largest absolute Gasteiger partial charge is 0.477 e. The fourth-order valence-electron chi connectivity index (χ4n) is 2.20. The van der Waals surface area contributed by atoms with Gasteiger partial charge in [-0.15, -0.1) is 0 Å². The van der Waals surface area contributed by atoms with Crippen molar-refractivity contribution in [3.8, 4) is 5.75 Å². The Morgan fingerprint density at radius 3 is 2.85 bits per heavy atom. The van der Waals surface area contributed by atoms with Crippen LogP contribution in [0, 0.1) is 0 Å². The van der Waals surface area contributed by atoms with Crippen molar-refractivity contribution in [1.29, 1.82) is 0 Å². The van der Waals surface area contributed by atoms with Crippen molar-refractivity contribution >= 4 is 28.9 Å². The molecule has 1 aliphatic carbocycles. The summed E-state index contributed by atoms with van der Waals surface area (Å²) in [6.45, 7) is 0.426. The number of anilines is 1. The summed E-state index contributed by atoms with van der Waals surface area (Å²) < 4.78 is 5.74. The summed E-state index contributed by atoms with van der Waals surface area (Å²) >= 11 is 5.47. The van der Waals surface area contributed by atoms with Gasteiger partial charge in [-0.05, 0) is 37.2 Å². The number of hydrogen-bond acceptors (Lipinski definition) is 3. The molecule has 106 valence electrons. The molecule has 1 aliphatic heterocycles. The molecule has 1 saturated carbocycles. The van der Waals surface area contributed by atoms with Crippen LogP contribution in [0.2, 0.25) is 0 Å². The number of nitrogens with zero attached hydrogens (tertiary/aromatic N) is 1. The van der Waals surface area contributed by atoms with Gasteiger partial charge in [0.1, 0.15) is 5.75 Å². The number of fused-ring (bicyclic) bond motifs is 1. The Bertz CT molecular complexity index is 545. The van der Waals surface area contributed by atoms with Gasteiger partial charge in [-0.25, -0.2) is 0 Å². The number of likely N-dealkylation sites (N-methyl/N-ethyl adjacent to an activating group) is 1. The summed E-state index contributed by atoms with van der Waals surface area (Å²) in [4.78, 5) is 13.8. The van der Waals surface area contributed by atoms with Crippen molar-refractivity contribution in [1.82, 2.24) is 10.6 Å². The average molecular weight is 291 g/mol. The number of nitrogens with one attached hydrogen (secondary N) is 2. The third kappa shape index (κ3) is 2.56. The topological polar surface area (TPSA) is 53.6 Å². The second-order valence-electron chi connectivity index (χ2n) is 5.02. The maximum atomic E-state index is 11.9. The fourth-order valence-corrected chi connectivity index (χ4v) is 2.54. The second-order valence-corrected chi connectivity index (χ2v) is 5.41. The van der Waals surface area contributed by atoms with Crippen molar-refractivity contribution in [2.45, 2.75) is 25.0 Å². The highest BCUT2D eigenvalue weighted by Crippen LogP contribution is 2.33. The van der Waals surface area contributed by atoms with E-state index in [4.69, 9.17) is 17.0 Å². The molecule has 0 spiro atoms. The number of thiocarbonyl (C=S) groups is 1. The summed E-state index contributed by atoms with van der Waals surface area (Å²) in [6, 6.07) is 8.12. The molecule has 2 N–H and O–H groups in total. The van der Waals surface area contributed by atoms with E-state index in [1.165, 1.54) is 0 Å². The molecule has 2 aliphatic rings. The minimum absolute atomic E-state index is 0.140. The number of benzene rings is 1. The van der Waals surface area contributed by atoms with E-state index < -0.39 is 6.10 Å². The van der Waals surface area contributed by atoms with Crippen molar-refractivity contribution in [3.05, 3.63) is 24.3 Å². The van der Waals surface area contributed by atoms with E-state index in [0.29, 0.717) is 23.4 Å². The molecular weight excluding hydrogens is 274 g/mol. The minimum Gasteiger partial charge on any atom is -0.477 e. The van der Waals surface area contributed by atoms with Gasteiger partial charge in [-0.1, -0.05) is 12.1 Å². The second kappa shape index (κ2) is 5.28. The van der Waals surface area contributed by atoms with Crippen LogP contribution in [-0.2, 0) is 4.79 Å². The summed E-state index contributed by atoms with van der Waals surface area (Å²) in [7, 11) is 1.61. The predicted octanol–water partition coefficient (Wildman–Crippen LogP) is 1.04. The van der Waals surface area contributed by atoms with Crippen LogP contribution in [0.3, 0.4) is 0 Å². The quantitative estimate of drug-likeness (QED) is 0.797. The highest BCUT2D eigenvalue weighted by Gasteiger charge is 2.33. The number of ether oxygens (including phenoxy) is 1. The molecule has 20 heavy (non-hydrogen) atoms. The lowest BCUT2D eigenvalue weighted by Crippen LogP contribution is -2.52. The number of hydrogen-bond donors (Lipinski definition) is 2. The Morgan fingerprint density at radius 2 is 2.15 bits per heavy atom. The van der Waals surface area contributed by atoms with Crippen LogP contribution >= 0.6 is 12.2 Å². The lowest BCUT2D eigenvalue weighted by atomic mass is 10.2. The van der Waals surface area contributed by atoms with Crippen LogP contribution < -0.4 is 20.3 Å². The van der Waals surface area contributed by atoms with E-state index in [-0.39, 0.29) is 5.91 Å². The van der Waals surface area contributed by atoms with E-state index in [1.807, 2.05) is 29.2 Å². The molecule has 0 unspecified atom stereocenters. The first-order valence-electron chi connectivity index (χ1n) is 6.74. The Morgan fingerprint density at radius 1 is 1.40 bits per heavy atom. The Hall–Kier alpha value is -1.82. The van der Waals surface area contributed by atoms with Gasteiger partial charge in [0.05, 0.1) is 12.2 Å². The maximum Gasteiger partial charge on any atom is 0.262 e. The highest BCUT2D eigenvalue weighted by molar-refractivity contribution is 7.80. The normalized spacial score (nSPS) is 20.6. The standard InChI is InChI=1S/C14H17N3O2S/c1-15-13(18)12-8-17(14(20)16-9-6-7-9)10-4-2-3-5-11(10)19-12/h2-5,9,12H,6-8H2,1H3,(H,15,18)(H,16,20)/t12-/m0/s1. The smallest absolute Gasteiger partial charge is 0.262 e. The molecule has 0 bridgehead atoms. The Labute approximate surface area is 123 Å². The van der Waals surface area contributed by atoms with Crippen LogP contribution in [0.4, 0.5) is 5.69 Å². The van der Waals surface area contributed by atoms with Gasteiger partial charge in [0, 0.05) is 13.1 Å². The number of para-hydroxylation sites is 2. The summed E-state index contributed by atoms with van der Waals surface area (Å²) in [5.41, 5.74) is 0.908. The third-order valence-electron chi connectivity index (χ3n) is 3.46. The van der Waals surface area contributed by atoms with Crippen LogP contribution in [0.25, 0.3) is 0 Å². The first-order valence-corrected chi connectivity index (χ1v) is 7.15. The molecule has 0 aromatic heterocycles. The van der Waals surface area contributed by atoms with E-state index in [9.17, 15) is 4.79 Å². The number of carbonyl (C=O) groups is 1. The molecule has 1 fully saturated rings. The molecule has 1 aromatic rings. The van der Waals surface area contributed by atoms with Crippen molar-refractivity contribution in [2.75, 3.05) is 18.5 Å². The van der Waals surface area contributed by atoms with Crippen LogP contribution in [0.15, 0.2) is 24.3 Å². The van der Waals surface area contributed by atoms with Crippen LogP contribution in [0.1, 0.15) is 12.8 Å². The molecule has 1 amide bonds. The van der Waals surface area contributed by atoms with E-state index in [1.54, 1.807) is 7.05 Å². The van der Waals surface area contributed by atoms with Crippen molar-refractivity contribution < 1.29 is 9.53 Å². The molecule has 1 aromatic carbocycles. The molecule has 5 nitrogen and oxygen atoms in total. The molecule has 1 atom stereocenters. The van der Waals surface area contributed by atoms with Crippen LogP contribution in [-0.4, -0.2) is 36.8 Å². The first-order chi connectivity index (χ1) is 9.69. The Balaban J connectivity index is 1.86. The van der Waals surface area contributed by atoms with Gasteiger partial charge in [-0.2, -0.15) is 0 Å². The SMILES string of the molecule is CNC(=O)[C@@H]1CN(C(=S)NC2CC2)c2ccccc2O1. The van der Waals surface area contributed by atoms with Gasteiger partial charge in [-0.3, -0.25) is 4.79 Å². The van der Waals surface area contributed by atoms with Gasteiger partial charge < -0.3 is 20.3 Å². The molecule has 6 heteroatoms. The van der Waals surface area contributed by atoms with Gasteiger partial charge >= 0.3 is 0 Å². The number of amides is 1. The lowest BCUT2D eigenvalue weighted by molar-refractivity contribution is -0.127. The van der Waals surface area contributed by atoms with E-state index >= 15 is 0 Å². The fraction of sp³-hybridized carbons (Fsp3) is 0.429. The Kier molecular flexibility index (Phi) is 3.48. The van der Waals surface area contributed by atoms with Gasteiger partial charge in [0.2, 0.25) is 0 Å². The lowest BCUT2D eigenvalue weighted by Gasteiger charge is -2.35. The highest BCUT2D eigenvalue weighted by atomic mass is 32.1.